The van der Waals surface area contributed by atoms with E-state index in [-0.39, 0.29) is 0 Å². The molecule has 0 aliphatic rings. The van der Waals surface area contributed by atoms with Gasteiger partial charge in [0.15, 0.2) is 5.96 Å². The lowest BCUT2D eigenvalue weighted by molar-refractivity contribution is 0.121. The van der Waals surface area contributed by atoms with Gasteiger partial charge >= 0.3 is 0 Å². The molecule has 0 aliphatic carbocycles. The zero-order valence-corrected chi connectivity index (χ0v) is 16.1. The second-order valence-electron chi connectivity index (χ2n) is 5.85. The third kappa shape index (κ3) is 10.1. The number of rotatable bonds is 13. The number of nitrogens with zero attached hydrogens (tertiary/aromatic N) is 1. The van der Waals surface area contributed by atoms with Gasteiger partial charge in [0.05, 0.1) is 13.2 Å². The van der Waals surface area contributed by atoms with E-state index in [1.807, 2.05) is 6.92 Å². The van der Waals surface area contributed by atoms with Crippen LogP contribution in [0, 0.1) is 0 Å². The summed E-state index contributed by atoms with van der Waals surface area (Å²) in [6.07, 6.45) is 3.18. The molecule has 0 aromatic heterocycles. The Hall–Kier alpha value is -1.59. The molecule has 0 amide bonds. The minimum atomic E-state index is 0.653. The van der Waals surface area contributed by atoms with Gasteiger partial charge in [-0.15, -0.1) is 0 Å². The number of aliphatic imine (C=N–C) groups is 1. The maximum atomic E-state index is 5.68. The van der Waals surface area contributed by atoms with E-state index in [2.05, 4.69) is 48.7 Å². The van der Waals surface area contributed by atoms with Gasteiger partial charge in [0.2, 0.25) is 0 Å². The molecule has 0 fully saturated rings. The van der Waals surface area contributed by atoms with Crippen molar-refractivity contribution in [3.63, 3.8) is 0 Å². The molecule has 0 radical (unpaired) electrons. The first-order valence-corrected chi connectivity index (χ1v) is 9.56. The van der Waals surface area contributed by atoms with E-state index in [9.17, 15) is 0 Å². The standard InChI is InChI=1S/C20H35N3O2/c1-4-14-25-17-19-12-8-7-11-18(19)16-23-20(21-5-2)22-13-9-10-15-24-6-3/h7-8,11-12H,4-6,9-10,13-17H2,1-3H3,(H2,21,22,23). The molecule has 1 rings (SSSR count). The van der Waals surface area contributed by atoms with Crippen LogP contribution >= 0.6 is 0 Å². The van der Waals surface area contributed by atoms with Crippen LogP contribution < -0.4 is 10.6 Å². The van der Waals surface area contributed by atoms with E-state index in [1.54, 1.807) is 0 Å². The summed E-state index contributed by atoms with van der Waals surface area (Å²) in [5, 5.41) is 6.69. The lowest BCUT2D eigenvalue weighted by Crippen LogP contribution is -2.37. The molecule has 1 aromatic rings. The number of hydrogen-bond acceptors (Lipinski definition) is 3. The van der Waals surface area contributed by atoms with Crippen molar-refractivity contribution in [3.05, 3.63) is 35.4 Å². The van der Waals surface area contributed by atoms with Crippen LogP contribution in [0.2, 0.25) is 0 Å². The molecule has 0 atom stereocenters. The quantitative estimate of drug-likeness (QED) is 0.325. The van der Waals surface area contributed by atoms with Crippen molar-refractivity contribution in [1.29, 1.82) is 0 Å². The largest absolute Gasteiger partial charge is 0.382 e. The molecule has 25 heavy (non-hydrogen) atoms. The SMILES string of the molecule is CCCOCc1ccccc1CN=C(NCC)NCCCCOCC. The first-order chi connectivity index (χ1) is 12.3. The van der Waals surface area contributed by atoms with Gasteiger partial charge in [-0.2, -0.15) is 0 Å². The third-order valence-electron chi connectivity index (χ3n) is 3.69. The Morgan fingerprint density at radius 1 is 0.960 bits per heavy atom. The molecular weight excluding hydrogens is 314 g/mol. The van der Waals surface area contributed by atoms with Crippen LogP contribution in [0.5, 0.6) is 0 Å². The fraction of sp³-hybridized carbons (Fsp3) is 0.650. The molecule has 2 N–H and O–H groups in total. The lowest BCUT2D eigenvalue weighted by atomic mass is 10.1. The zero-order chi connectivity index (χ0) is 18.2. The predicted octanol–water partition coefficient (Wildman–Crippen LogP) is 3.49. The fourth-order valence-electron chi connectivity index (χ4n) is 2.37. The van der Waals surface area contributed by atoms with Crippen molar-refractivity contribution in [2.75, 3.05) is 32.9 Å². The molecule has 0 aliphatic heterocycles. The molecule has 0 saturated carbocycles. The molecule has 5 nitrogen and oxygen atoms in total. The highest BCUT2D eigenvalue weighted by molar-refractivity contribution is 5.79. The highest BCUT2D eigenvalue weighted by atomic mass is 16.5. The Morgan fingerprint density at radius 3 is 2.48 bits per heavy atom. The van der Waals surface area contributed by atoms with Crippen molar-refractivity contribution < 1.29 is 9.47 Å². The number of benzene rings is 1. The molecule has 1 aromatic carbocycles. The second kappa shape index (κ2) is 14.7. The van der Waals surface area contributed by atoms with E-state index in [0.29, 0.717) is 13.2 Å². The van der Waals surface area contributed by atoms with Crippen molar-refractivity contribution in [3.8, 4) is 0 Å². The van der Waals surface area contributed by atoms with Crippen molar-refractivity contribution >= 4 is 5.96 Å². The summed E-state index contributed by atoms with van der Waals surface area (Å²) >= 11 is 0. The Morgan fingerprint density at radius 2 is 1.76 bits per heavy atom. The second-order valence-corrected chi connectivity index (χ2v) is 5.85. The number of guanidine groups is 1. The van der Waals surface area contributed by atoms with Crippen LogP contribution in [0.1, 0.15) is 51.2 Å². The Bertz CT molecular complexity index is 478. The van der Waals surface area contributed by atoms with Gasteiger partial charge in [0, 0.05) is 32.9 Å². The number of unbranched alkanes of at least 4 members (excludes halogenated alkanes) is 1. The van der Waals surface area contributed by atoms with E-state index in [1.165, 1.54) is 11.1 Å². The number of nitrogens with one attached hydrogen (secondary N) is 2. The summed E-state index contributed by atoms with van der Waals surface area (Å²) < 4.78 is 11.0. The summed E-state index contributed by atoms with van der Waals surface area (Å²) in [6.45, 7) is 11.7. The van der Waals surface area contributed by atoms with E-state index >= 15 is 0 Å². The topological polar surface area (TPSA) is 54.9 Å². The number of hydrogen-bond donors (Lipinski definition) is 2. The van der Waals surface area contributed by atoms with Crippen LogP contribution in [0.15, 0.2) is 29.3 Å². The van der Waals surface area contributed by atoms with Crippen LogP contribution in [-0.2, 0) is 22.6 Å². The van der Waals surface area contributed by atoms with Gasteiger partial charge in [0.1, 0.15) is 0 Å². The van der Waals surface area contributed by atoms with Gasteiger partial charge in [-0.25, -0.2) is 4.99 Å². The normalized spacial score (nSPS) is 11.6. The minimum absolute atomic E-state index is 0.653. The van der Waals surface area contributed by atoms with Crippen molar-refractivity contribution in [1.82, 2.24) is 10.6 Å². The van der Waals surface area contributed by atoms with E-state index < -0.39 is 0 Å². The van der Waals surface area contributed by atoms with E-state index in [4.69, 9.17) is 14.5 Å². The molecule has 0 bridgehead atoms. The monoisotopic (exact) mass is 349 g/mol. The van der Waals surface area contributed by atoms with Crippen molar-refractivity contribution in [2.45, 2.75) is 53.2 Å². The first-order valence-electron chi connectivity index (χ1n) is 9.56. The number of ether oxygens (including phenoxy) is 2. The van der Waals surface area contributed by atoms with Gasteiger partial charge in [-0.1, -0.05) is 31.2 Å². The Kier molecular flexibility index (Phi) is 12.6. The highest BCUT2D eigenvalue weighted by Gasteiger charge is 2.03. The average molecular weight is 350 g/mol. The lowest BCUT2D eigenvalue weighted by Gasteiger charge is -2.12. The molecule has 0 spiro atoms. The average Bonchev–Trinajstić information content (AvgIpc) is 2.63. The molecule has 142 valence electrons. The maximum Gasteiger partial charge on any atom is 0.191 e. The molecular formula is C20H35N3O2. The maximum absolute atomic E-state index is 5.68. The van der Waals surface area contributed by atoms with Crippen LogP contribution in [-0.4, -0.2) is 38.9 Å². The molecule has 0 unspecified atom stereocenters. The first kappa shape index (κ1) is 21.5. The molecule has 0 heterocycles. The third-order valence-corrected chi connectivity index (χ3v) is 3.69. The predicted molar refractivity (Wildman–Crippen MR) is 105 cm³/mol. The summed E-state index contributed by atoms with van der Waals surface area (Å²) in [5.74, 6) is 0.864. The van der Waals surface area contributed by atoms with E-state index in [0.717, 1.165) is 58.1 Å². The Labute approximate surface area is 153 Å². The summed E-state index contributed by atoms with van der Waals surface area (Å²) in [7, 11) is 0. The summed E-state index contributed by atoms with van der Waals surface area (Å²) in [6, 6.07) is 8.36. The minimum Gasteiger partial charge on any atom is -0.382 e. The molecule has 5 heteroatoms. The van der Waals surface area contributed by atoms with Gasteiger partial charge in [0.25, 0.3) is 0 Å². The zero-order valence-electron chi connectivity index (χ0n) is 16.1. The van der Waals surface area contributed by atoms with Crippen LogP contribution in [0.4, 0.5) is 0 Å². The van der Waals surface area contributed by atoms with Crippen LogP contribution in [0.25, 0.3) is 0 Å². The molecule has 0 saturated heterocycles. The smallest absolute Gasteiger partial charge is 0.191 e. The highest BCUT2D eigenvalue weighted by Crippen LogP contribution is 2.11. The summed E-state index contributed by atoms with van der Waals surface area (Å²) in [5.41, 5.74) is 2.43. The van der Waals surface area contributed by atoms with Gasteiger partial charge in [-0.05, 0) is 44.2 Å². The van der Waals surface area contributed by atoms with Crippen molar-refractivity contribution in [2.24, 2.45) is 4.99 Å². The van der Waals surface area contributed by atoms with Gasteiger partial charge in [-0.3, -0.25) is 0 Å². The Balaban J connectivity index is 2.50. The van der Waals surface area contributed by atoms with Crippen LogP contribution in [0.3, 0.4) is 0 Å². The fourth-order valence-corrected chi connectivity index (χ4v) is 2.37. The summed E-state index contributed by atoms with van der Waals surface area (Å²) in [4.78, 5) is 4.71. The van der Waals surface area contributed by atoms with Gasteiger partial charge < -0.3 is 20.1 Å².